The van der Waals surface area contributed by atoms with Crippen LogP contribution in [0.4, 0.5) is 0 Å². The van der Waals surface area contributed by atoms with Crippen LogP contribution in [-0.2, 0) is 0 Å². The van der Waals surface area contributed by atoms with Crippen molar-refractivity contribution in [3.8, 4) is 0 Å². The highest BCUT2D eigenvalue weighted by Gasteiger charge is 2.17. The standard InChI is InChI=1S/C16H12O3/c1-2-11-8-9-13(14(10-11)16(18)19)15(17)12-6-4-3-5-7-12/h2-10H,1H2,(H,18,19). The van der Waals surface area contributed by atoms with Gasteiger partial charge in [-0.1, -0.05) is 49.1 Å². The van der Waals surface area contributed by atoms with Gasteiger partial charge in [0.1, 0.15) is 0 Å². The lowest BCUT2D eigenvalue weighted by Crippen LogP contribution is -2.09. The minimum atomic E-state index is -1.12. The first kappa shape index (κ1) is 12.8. The number of carboxylic acid groups (broad SMARTS) is 1. The van der Waals surface area contributed by atoms with Gasteiger partial charge in [-0.2, -0.15) is 0 Å². The van der Waals surface area contributed by atoms with Crippen LogP contribution in [0.1, 0.15) is 31.8 Å². The van der Waals surface area contributed by atoms with Gasteiger partial charge in [0.05, 0.1) is 5.56 Å². The fourth-order valence-electron chi connectivity index (χ4n) is 1.81. The number of rotatable bonds is 4. The predicted molar refractivity (Wildman–Crippen MR) is 73.4 cm³/mol. The molecule has 0 aromatic heterocycles. The van der Waals surface area contributed by atoms with Crippen LogP contribution in [0.5, 0.6) is 0 Å². The molecule has 0 aliphatic rings. The van der Waals surface area contributed by atoms with E-state index < -0.39 is 5.97 Å². The van der Waals surface area contributed by atoms with Gasteiger partial charge in [0.2, 0.25) is 0 Å². The SMILES string of the molecule is C=Cc1ccc(C(=O)c2ccccc2)c(C(=O)O)c1. The second-order valence-corrected chi connectivity index (χ2v) is 4.01. The zero-order chi connectivity index (χ0) is 13.8. The van der Waals surface area contributed by atoms with Gasteiger partial charge >= 0.3 is 5.97 Å². The Morgan fingerprint density at radius 3 is 2.26 bits per heavy atom. The number of benzene rings is 2. The Balaban J connectivity index is 2.53. The number of hydrogen-bond donors (Lipinski definition) is 1. The molecular formula is C16H12O3. The highest BCUT2D eigenvalue weighted by molar-refractivity contribution is 6.14. The van der Waals surface area contributed by atoms with Crippen LogP contribution in [-0.4, -0.2) is 16.9 Å². The normalized spacial score (nSPS) is 9.89. The molecule has 0 aliphatic heterocycles. The van der Waals surface area contributed by atoms with Crippen LogP contribution in [0.3, 0.4) is 0 Å². The molecule has 2 aromatic rings. The predicted octanol–water partition coefficient (Wildman–Crippen LogP) is 3.26. The summed E-state index contributed by atoms with van der Waals surface area (Å²) in [5, 5.41) is 9.19. The number of carboxylic acids is 1. The van der Waals surface area contributed by atoms with E-state index in [1.54, 1.807) is 42.5 Å². The lowest BCUT2D eigenvalue weighted by molar-refractivity contribution is 0.0692. The molecule has 19 heavy (non-hydrogen) atoms. The highest BCUT2D eigenvalue weighted by atomic mass is 16.4. The van der Waals surface area contributed by atoms with Crippen molar-refractivity contribution in [2.24, 2.45) is 0 Å². The minimum absolute atomic E-state index is 0.00810. The second kappa shape index (κ2) is 5.31. The molecule has 0 radical (unpaired) electrons. The van der Waals surface area contributed by atoms with E-state index in [0.717, 1.165) is 0 Å². The quantitative estimate of drug-likeness (QED) is 0.850. The van der Waals surface area contributed by atoms with Crippen molar-refractivity contribution >= 4 is 17.8 Å². The summed E-state index contributed by atoms with van der Waals surface area (Å²) in [5.74, 6) is -1.42. The summed E-state index contributed by atoms with van der Waals surface area (Å²) < 4.78 is 0. The first-order valence-corrected chi connectivity index (χ1v) is 5.73. The van der Waals surface area contributed by atoms with Crippen LogP contribution in [0, 0.1) is 0 Å². The van der Waals surface area contributed by atoms with E-state index in [1.165, 1.54) is 12.1 Å². The number of carbonyl (C=O) groups excluding carboxylic acids is 1. The Labute approximate surface area is 110 Å². The van der Waals surface area contributed by atoms with E-state index in [1.807, 2.05) is 0 Å². The van der Waals surface area contributed by atoms with Crippen LogP contribution in [0.25, 0.3) is 6.08 Å². The fraction of sp³-hybridized carbons (Fsp3) is 0. The Hall–Kier alpha value is -2.68. The first-order valence-electron chi connectivity index (χ1n) is 5.73. The third kappa shape index (κ3) is 2.60. The smallest absolute Gasteiger partial charge is 0.336 e. The molecule has 0 saturated carbocycles. The summed E-state index contributed by atoms with van der Waals surface area (Å²) in [6.07, 6.45) is 1.54. The number of ketones is 1. The first-order chi connectivity index (χ1) is 9.13. The van der Waals surface area contributed by atoms with E-state index in [4.69, 9.17) is 0 Å². The van der Waals surface area contributed by atoms with E-state index in [-0.39, 0.29) is 16.9 Å². The van der Waals surface area contributed by atoms with Crippen LogP contribution < -0.4 is 0 Å². The maximum absolute atomic E-state index is 12.3. The summed E-state index contributed by atoms with van der Waals surface area (Å²) in [4.78, 5) is 23.5. The van der Waals surface area contributed by atoms with E-state index in [0.29, 0.717) is 11.1 Å². The van der Waals surface area contributed by atoms with Gasteiger partial charge in [-0.15, -0.1) is 0 Å². The molecule has 0 amide bonds. The Morgan fingerprint density at radius 2 is 1.68 bits per heavy atom. The number of carbonyl (C=O) groups is 2. The van der Waals surface area contributed by atoms with E-state index >= 15 is 0 Å². The fourth-order valence-corrected chi connectivity index (χ4v) is 1.81. The molecule has 94 valence electrons. The van der Waals surface area contributed by atoms with Gasteiger partial charge < -0.3 is 5.11 Å². The maximum atomic E-state index is 12.3. The third-order valence-corrected chi connectivity index (χ3v) is 2.79. The summed E-state index contributed by atoms with van der Waals surface area (Å²) in [7, 11) is 0. The third-order valence-electron chi connectivity index (χ3n) is 2.79. The molecule has 0 bridgehead atoms. The molecule has 0 atom stereocenters. The highest BCUT2D eigenvalue weighted by Crippen LogP contribution is 2.17. The molecule has 2 aromatic carbocycles. The number of hydrogen-bond acceptors (Lipinski definition) is 2. The summed E-state index contributed by atoms with van der Waals surface area (Å²) in [5.41, 5.74) is 1.31. The van der Waals surface area contributed by atoms with Crippen molar-refractivity contribution in [2.75, 3.05) is 0 Å². The molecule has 0 fully saturated rings. The van der Waals surface area contributed by atoms with Gasteiger partial charge in [0, 0.05) is 11.1 Å². The Bertz CT molecular complexity index is 642. The van der Waals surface area contributed by atoms with Crippen molar-refractivity contribution in [3.63, 3.8) is 0 Å². The maximum Gasteiger partial charge on any atom is 0.336 e. The van der Waals surface area contributed by atoms with E-state index in [9.17, 15) is 14.7 Å². The zero-order valence-electron chi connectivity index (χ0n) is 10.2. The van der Waals surface area contributed by atoms with Gasteiger partial charge in [0.15, 0.2) is 5.78 Å². The molecule has 3 nitrogen and oxygen atoms in total. The minimum Gasteiger partial charge on any atom is -0.478 e. The van der Waals surface area contributed by atoms with Crippen LogP contribution in [0.2, 0.25) is 0 Å². The van der Waals surface area contributed by atoms with Crippen molar-refractivity contribution in [1.29, 1.82) is 0 Å². The molecule has 0 saturated heterocycles. The molecule has 1 N–H and O–H groups in total. The van der Waals surface area contributed by atoms with Crippen molar-refractivity contribution in [2.45, 2.75) is 0 Å². The van der Waals surface area contributed by atoms with Crippen molar-refractivity contribution in [3.05, 3.63) is 77.4 Å². The van der Waals surface area contributed by atoms with Gasteiger partial charge in [-0.25, -0.2) is 4.79 Å². The second-order valence-electron chi connectivity index (χ2n) is 4.01. The van der Waals surface area contributed by atoms with Gasteiger partial charge in [-0.05, 0) is 17.7 Å². The van der Waals surface area contributed by atoms with Gasteiger partial charge in [0.25, 0.3) is 0 Å². The van der Waals surface area contributed by atoms with Crippen molar-refractivity contribution in [1.82, 2.24) is 0 Å². The average molecular weight is 252 g/mol. The molecule has 2 rings (SSSR count). The molecular weight excluding hydrogens is 240 g/mol. The lowest BCUT2D eigenvalue weighted by Gasteiger charge is -2.06. The van der Waals surface area contributed by atoms with Crippen molar-refractivity contribution < 1.29 is 14.7 Å². The molecule has 0 aliphatic carbocycles. The molecule has 0 unspecified atom stereocenters. The Morgan fingerprint density at radius 1 is 1.00 bits per heavy atom. The molecule has 0 heterocycles. The Kier molecular flexibility index (Phi) is 3.57. The summed E-state index contributed by atoms with van der Waals surface area (Å²) >= 11 is 0. The van der Waals surface area contributed by atoms with E-state index in [2.05, 4.69) is 6.58 Å². The molecule has 0 spiro atoms. The lowest BCUT2D eigenvalue weighted by atomic mass is 9.96. The number of aromatic carboxylic acids is 1. The molecule has 3 heteroatoms. The van der Waals surface area contributed by atoms with Crippen LogP contribution >= 0.6 is 0 Å². The topological polar surface area (TPSA) is 54.4 Å². The van der Waals surface area contributed by atoms with Gasteiger partial charge in [-0.3, -0.25) is 4.79 Å². The zero-order valence-corrected chi connectivity index (χ0v) is 10.2. The monoisotopic (exact) mass is 252 g/mol. The van der Waals surface area contributed by atoms with Crippen LogP contribution in [0.15, 0.2) is 55.1 Å². The summed E-state index contributed by atoms with van der Waals surface area (Å²) in [6, 6.07) is 13.3. The average Bonchev–Trinajstić information content (AvgIpc) is 2.46. The largest absolute Gasteiger partial charge is 0.478 e. The summed E-state index contributed by atoms with van der Waals surface area (Å²) in [6.45, 7) is 3.59.